The Hall–Kier alpha value is -0.590. The second-order valence-electron chi connectivity index (χ2n) is 4.67. The largest absolute Gasteiger partial charge is 0.295 e. The summed E-state index contributed by atoms with van der Waals surface area (Å²) in [4.78, 5) is 11.3. The van der Waals surface area contributed by atoms with E-state index in [0.717, 1.165) is 18.4 Å². The van der Waals surface area contributed by atoms with Crippen LogP contribution in [0.4, 0.5) is 0 Å². The lowest BCUT2D eigenvalue weighted by molar-refractivity contribution is -0.114. The molecular weight excluding hydrogens is 184 g/mol. The molecule has 0 heterocycles. The lowest BCUT2D eigenvalue weighted by atomic mass is 10.0. The summed E-state index contributed by atoms with van der Waals surface area (Å²) in [5.74, 6) is 0.385. The average molecular weight is 208 g/mol. The Morgan fingerprint density at radius 2 is 1.67 bits per heavy atom. The van der Waals surface area contributed by atoms with Crippen LogP contribution in [0.5, 0.6) is 0 Å². The van der Waals surface area contributed by atoms with Crippen LogP contribution in [0.25, 0.3) is 0 Å². The third-order valence-corrected chi connectivity index (χ3v) is 3.43. The van der Waals surface area contributed by atoms with Crippen LogP contribution in [0.2, 0.25) is 0 Å². The summed E-state index contributed by atoms with van der Waals surface area (Å²) in [5, 5.41) is 0. The van der Waals surface area contributed by atoms with Gasteiger partial charge in [-0.1, -0.05) is 44.6 Å². The fourth-order valence-corrected chi connectivity index (χ4v) is 2.27. The normalized spacial score (nSPS) is 16.5. The number of hydrogen-bond donors (Lipinski definition) is 0. The van der Waals surface area contributed by atoms with Crippen molar-refractivity contribution < 1.29 is 4.79 Å². The molecule has 0 radical (unpaired) electrons. The minimum absolute atomic E-state index is 0.385. The maximum atomic E-state index is 11.3. The van der Waals surface area contributed by atoms with Crippen LogP contribution in [0.3, 0.4) is 0 Å². The minimum atomic E-state index is 0.385. The highest BCUT2D eigenvalue weighted by molar-refractivity contribution is 5.98. The Kier molecular flexibility index (Phi) is 5.67. The van der Waals surface area contributed by atoms with Crippen LogP contribution in [0, 0.1) is 0 Å². The van der Waals surface area contributed by atoms with E-state index in [1.54, 1.807) is 0 Å². The van der Waals surface area contributed by atoms with Gasteiger partial charge in [-0.2, -0.15) is 0 Å². The molecule has 1 rings (SSSR count). The number of allylic oxidation sites excluding steroid dienone is 2. The predicted molar refractivity (Wildman–Crippen MR) is 64.9 cm³/mol. The van der Waals surface area contributed by atoms with Crippen molar-refractivity contribution in [3.63, 3.8) is 0 Å². The first kappa shape index (κ1) is 12.5. The molecule has 0 unspecified atom stereocenters. The Morgan fingerprint density at radius 3 is 2.27 bits per heavy atom. The van der Waals surface area contributed by atoms with Crippen molar-refractivity contribution in [3.05, 3.63) is 11.1 Å². The summed E-state index contributed by atoms with van der Waals surface area (Å²) >= 11 is 0. The molecule has 1 aliphatic rings. The van der Waals surface area contributed by atoms with E-state index in [1.807, 2.05) is 6.92 Å². The molecule has 0 aliphatic heterocycles. The Morgan fingerprint density at radius 1 is 1.00 bits per heavy atom. The number of carbonyl (C=O) groups is 1. The number of ketones is 1. The van der Waals surface area contributed by atoms with Crippen molar-refractivity contribution in [1.29, 1.82) is 0 Å². The number of Topliss-reactive ketones (excluding diaryl/α,β-unsaturated/α-hetero) is 1. The number of rotatable bonds is 7. The smallest absolute Gasteiger partial charge is 0.158 e. The molecule has 1 aliphatic carbocycles. The lowest BCUT2D eigenvalue weighted by Crippen LogP contribution is -1.90. The molecule has 0 saturated carbocycles. The molecule has 15 heavy (non-hydrogen) atoms. The van der Waals surface area contributed by atoms with E-state index in [-0.39, 0.29) is 0 Å². The zero-order chi connectivity index (χ0) is 11.1. The van der Waals surface area contributed by atoms with Crippen molar-refractivity contribution in [2.24, 2.45) is 0 Å². The van der Waals surface area contributed by atoms with Gasteiger partial charge in [0.05, 0.1) is 0 Å². The Labute approximate surface area is 93.9 Å². The second kappa shape index (κ2) is 6.81. The quantitative estimate of drug-likeness (QED) is 0.566. The first-order valence-corrected chi connectivity index (χ1v) is 6.47. The summed E-state index contributed by atoms with van der Waals surface area (Å²) in [6, 6.07) is 0. The molecule has 0 bridgehead atoms. The van der Waals surface area contributed by atoms with E-state index >= 15 is 0 Å². The summed E-state index contributed by atoms with van der Waals surface area (Å²) in [6.07, 6.45) is 11.1. The molecule has 1 nitrogen and oxygen atoms in total. The van der Waals surface area contributed by atoms with Gasteiger partial charge in [-0.3, -0.25) is 4.79 Å². The van der Waals surface area contributed by atoms with Gasteiger partial charge >= 0.3 is 0 Å². The van der Waals surface area contributed by atoms with E-state index in [1.165, 1.54) is 50.5 Å². The van der Waals surface area contributed by atoms with Gasteiger partial charge < -0.3 is 0 Å². The molecule has 0 aromatic rings. The Bertz CT molecular complexity index is 238. The number of carbonyl (C=O) groups excluding carboxylic acids is 1. The topological polar surface area (TPSA) is 17.1 Å². The highest BCUT2D eigenvalue weighted by atomic mass is 16.1. The third kappa shape index (κ3) is 4.19. The van der Waals surface area contributed by atoms with Crippen molar-refractivity contribution in [1.82, 2.24) is 0 Å². The van der Waals surface area contributed by atoms with Gasteiger partial charge in [0.1, 0.15) is 0 Å². The van der Waals surface area contributed by atoms with Crippen LogP contribution < -0.4 is 0 Å². The highest BCUT2D eigenvalue weighted by Gasteiger charge is 2.17. The summed E-state index contributed by atoms with van der Waals surface area (Å²) < 4.78 is 0. The van der Waals surface area contributed by atoms with Gasteiger partial charge in [-0.25, -0.2) is 0 Å². The van der Waals surface area contributed by atoms with Gasteiger partial charge in [0.15, 0.2) is 5.78 Å². The third-order valence-electron chi connectivity index (χ3n) is 3.43. The molecule has 0 atom stereocenters. The maximum absolute atomic E-state index is 11.3. The van der Waals surface area contributed by atoms with E-state index < -0.39 is 0 Å². The molecule has 0 fully saturated rings. The standard InChI is InChI=1S/C14H24O/c1-3-4-5-6-7-8-9-13-10-11-14(15)12(13)2/h3-11H2,1-2H3. The summed E-state index contributed by atoms with van der Waals surface area (Å²) in [5.41, 5.74) is 2.51. The second-order valence-corrected chi connectivity index (χ2v) is 4.67. The van der Waals surface area contributed by atoms with E-state index in [0.29, 0.717) is 5.78 Å². The summed E-state index contributed by atoms with van der Waals surface area (Å²) in [6.45, 7) is 4.25. The molecule has 0 aromatic carbocycles. The monoisotopic (exact) mass is 208 g/mol. The molecule has 0 aromatic heterocycles. The zero-order valence-corrected chi connectivity index (χ0v) is 10.3. The van der Waals surface area contributed by atoms with Crippen LogP contribution in [0.15, 0.2) is 11.1 Å². The van der Waals surface area contributed by atoms with Crippen molar-refractivity contribution in [2.75, 3.05) is 0 Å². The predicted octanol–water partition coefficient (Wildman–Crippen LogP) is 4.42. The fraction of sp³-hybridized carbons (Fsp3) is 0.786. The molecule has 0 saturated heterocycles. The van der Waals surface area contributed by atoms with Crippen LogP contribution in [-0.2, 0) is 4.79 Å². The van der Waals surface area contributed by atoms with Crippen molar-refractivity contribution >= 4 is 5.78 Å². The minimum Gasteiger partial charge on any atom is -0.295 e. The van der Waals surface area contributed by atoms with Crippen LogP contribution in [0.1, 0.15) is 71.6 Å². The number of hydrogen-bond acceptors (Lipinski definition) is 1. The summed E-state index contributed by atoms with van der Waals surface area (Å²) in [7, 11) is 0. The van der Waals surface area contributed by atoms with E-state index in [9.17, 15) is 4.79 Å². The van der Waals surface area contributed by atoms with Gasteiger partial charge in [0, 0.05) is 6.42 Å². The van der Waals surface area contributed by atoms with E-state index in [2.05, 4.69) is 6.92 Å². The molecule has 0 spiro atoms. The zero-order valence-electron chi connectivity index (χ0n) is 10.3. The average Bonchev–Trinajstić information content (AvgIpc) is 2.54. The SMILES string of the molecule is CCCCCCCCC1=C(C)C(=O)CC1. The van der Waals surface area contributed by atoms with Gasteiger partial charge in [-0.15, -0.1) is 0 Å². The Balaban J connectivity index is 2.08. The van der Waals surface area contributed by atoms with Crippen LogP contribution in [-0.4, -0.2) is 5.78 Å². The molecule has 86 valence electrons. The van der Waals surface area contributed by atoms with Gasteiger partial charge in [-0.05, 0) is 31.8 Å². The molecular formula is C14H24O. The van der Waals surface area contributed by atoms with E-state index in [4.69, 9.17) is 0 Å². The molecule has 0 amide bonds. The first-order valence-electron chi connectivity index (χ1n) is 6.47. The maximum Gasteiger partial charge on any atom is 0.158 e. The van der Waals surface area contributed by atoms with Gasteiger partial charge in [0.25, 0.3) is 0 Å². The van der Waals surface area contributed by atoms with Crippen molar-refractivity contribution in [2.45, 2.75) is 71.6 Å². The van der Waals surface area contributed by atoms with Crippen LogP contribution >= 0.6 is 0 Å². The van der Waals surface area contributed by atoms with Crippen molar-refractivity contribution in [3.8, 4) is 0 Å². The fourth-order valence-electron chi connectivity index (χ4n) is 2.27. The lowest BCUT2D eigenvalue weighted by Gasteiger charge is -2.03. The van der Waals surface area contributed by atoms with Gasteiger partial charge in [0.2, 0.25) is 0 Å². The molecule has 0 N–H and O–H groups in total. The first-order chi connectivity index (χ1) is 7.25. The molecule has 1 heteroatoms. The number of unbranched alkanes of at least 4 members (excludes halogenated alkanes) is 5. The highest BCUT2D eigenvalue weighted by Crippen LogP contribution is 2.26.